The van der Waals surface area contributed by atoms with Crippen LogP contribution in [0.4, 0.5) is 0 Å². The molecular weight excluding hydrogens is 577 g/mol. The fourth-order valence-corrected chi connectivity index (χ4v) is 4.97. The minimum absolute atomic E-state index is 0.245. The molecule has 2 N–H and O–H groups in total. The van der Waals surface area contributed by atoms with Crippen LogP contribution < -0.4 is 0 Å². The predicted octanol–water partition coefficient (Wildman–Crippen LogP) is 12.2. The molecule has 262 valence electrons. The highest BCUT2D eigenvalue weighted by atomic mass is 32.1. The molecule has 0 saturated carbocycles. The summed E-state index contributed by atoms with van der Waals surface area (Å²) in [6, 6.07) is 10.3. The lowest BCUT2D eigenvalue weighted by Gasteiger charge is -2.12. The number of aryl methyl sites for hydroxylation is 1. The monoisotopic (exact) mass is 649 g/mol. The maximum absolute atomic E-state index is 12.1. The smallest absolute Gasteiger partial charge is 0.155 e. The molecule has 0 saturated heterocycles. The zero-order chi connectivity index (χ0) is 35.9. The number of carbonyl (C=O) groups is 2. The number of nitrogens with zero attached hydrogens (tertiary/aromatic N) is 1. The van der Waals surface area contributed by atoms with E-state index in [1.165, 1.54) is 16.9 Å². The maximum atomic E-state index is 12.1. The first-order valence-corrected chi connectivity index (χ1v) is 18.4. The van der Waals surface area contributed by atoms with E-state index in [0.717, 1.165) is 81.2 Å². The van der Waals surface area contributed by atoms with Gasteiger partial charge in [-0.15, -0.1) is 11.3 Å². The molecule has 2 rings (SSSR count). The van der Waals surface area contributed by atoms with Crippen LogP contribution in [0.15, 0.2) is 53.1 Å². The van der Waals surface area contributed by atoms with Crippen molar-refractivity contribution in [2.75, 3.05) is 6.61 Å². The lowest BCUT2D eigenvalue weighted by Crippen LogP contribution is -2.05. The van der Waals surface area contributed by atoms with Gasteiger partial charge in [0, 0.05) is 35.0 Å². The Labute approximate surface area is 283 Å². The number of aliphatic hydroxyl groups excluding tert-OH is 1. The molecule has 0 aromatic carbocycles. The van der Waals surface area contributed by atoms with Crippen molar-refractivity contribution in [1.82, 2.24) is 4.98 Å². The van der Waals surface area contributed by atoms with Crippen LogP contribution in [0.2, 0.25) is 0 Å². The third-order valence-corrected chi connectivity index (χ3v) is 7.08. The molecule has 6 heteroatoms. The molecule has 0 bridgehead atoms. The quantitative estimate of drug-likeness (QED) is 0.108. The molecule has 0 aliphatic rings. The Hall–Kier alpha value is -2.44. The molecule has 0 fully saturated rings. The highest BCUT2D eigenvalue weighted by Crippen LogP contribution is 2.22. The lowest BCUT2D eigenvalue weighted by atomic mass is 9.94. The second-order valence-corrected chi connectivity index (χ2v) is 10.3. The van der Waals surface area contributed by atoms with Crippen LogP contribution in [-0.4, -0.2) is 35.0 Å². The Bertz CT molecular complexity index is 881. The van der Waals surface area contributed by atoms with Gasteiger partial charge in [0.15, 0.2) is 5.78 Å². The average molecular weight is 649 g/mol. The summed E-state index contributed by atoms with van der Waals surface area (Å²) in [5, 5.41) is 18.0. The first-order chi connectivity index (χ1) is 21.9. The summed E-state index contributed by atoms with van der Waals surface area (Å²) < 4.78 is 0. The highest BCUT2D eigenvalue weighted by molar-refractivity contribution is 7.09. The van der Waals surface area contributed by atoms with Gasteiger partial charge in [0.25, 0.3) is 0 Å². The Kier molecular flexibility index (Phi) is 50.6. The molecule has 2 heterocycles. The molecule has 0 spiro atoms. The summed E-state index contributed by atoms with van der Waals surface area (Å²) >= 11 is 1.82. The lowest BCUT2D eigenvalue weighted by molar-refractivity contribution is -0.113. The number of aromatic nitrogens is 1. The third-order valence-electron chi connectivity index (χ3n) is 6.15. The van der Waals surface area contributed by atoms with Crippen LogP contribution in [0, 0.1) is 5.41 Å². The Balaban J connectivity index is -0.000000360. The number of aliphatic hydroxyl groups is 1. The van der Waals surface area contributed by atoms with Gasteiger partial charge in [-0.1, -0.05) is 92.9 Å². The molecule has 0 aliphatic heterocycles. The van der Waals surface area contributed by atoms with E-state index in [0.29, 0.717) is 5.92 Å². The molecule has 45 heavy (non-hydrogen) atoms. The fourth-order valence-electron chi connectivity index (χ4n) is 4.22. The summed E-state index contributed by atoms with van der Waals surface area (Å²) in [6.07, 6.45) is 13.3. The van der Waals surface area contributed by atoms with Crippen LogP contribution in [-0.2, 0) is 16.0 Å². The van der Waals surface area contributed by atoms with Gasteiger partial charge in [-0.2, -0.15) is 0 Å². The van der Waals surface area contributed by atoms with Gasteiger partial charge in [-0.25, -0.2) is 0 Å². The van der Waals surface area contributed by atoms with E-state index in [-0.39, 0.29) is 12.4 Å². The molecule has 5 nitrogen and oxygen atoms in total. The molecular formula is C39H72N2O3S. The summed E-state index contributed by atoms with van der Waals surface area (Å²) in [6.45, 7) is 25.9. The summed E-state index contributed by atoms with van der Waals surface area (Å²) in [7, 11) is 0. The number of thiophene rings is 1. The number of nitrogens with one attached hydrogen (secondary N) is 1. The molecule has 0 amide bonds. The van der Waals surface area contributed by atoms with Crippen molar-refractivity contribution >= 4 is 29.6 Å². The van der Waals surface area contributed by atoms with E-state index < -0.39 is 0 Å². The zero-order valence-corrected chi connectivity index (χ0v) is 32.2. The number of hydrogen-bond donors (Lipinski definition) is 2. The highest BCUT2D eigenvalue weighted by Gasteiger charge is 2.10. The van der Waals surface area contributed by atoms with Crippen molar-refractivity contribution in [2.24, 2.45) is 0 Å². The number of allylic oxidation sites excluding steroid dienone is 2. The van der Waals surface area contributed by atoms with Crippen LogP contribution in [0.5, 0.6) is 0 Å². The number of pyridine rings is 1. The largest absolute Gasteiger partial charge is 0.397 e. The van der Waals surface area contributed by atoms with Crippen LogP contribution in [0.25, 0.3) is 0 Å². The van der Waals surface area contributed by atoms with Crippen molar-refractivity contribution in [3.8, 4) is 0 Å². The molecule has 0 radical (unpaired) electrons. The van der Waals surface area contributed by atoms with Gasteiger partial charge in [0.1, 0.15) is 6.79 Å². The number of hydrogen-bond acceptors (Lipinski definition) is 6. The number of Topliss-reactive ketones (excluding diaryl/α,β-unsaturated/α-hetero) is 1. The van der Waals surface area contributed by atoms with Crippen molar-refractivity contribution in [3.05, 3.63) is 63.6 Å². The van der Waals surface area contributed by atoms with Crippen molar-refractivity contribution < 1.29 is 14.7 Å². The second-order valence-electron chi connectivity index (χ2n) is 9.30. The van der Waals surface area contributed by atoms with Gasteiger partial charge in [-0.05, 0) is 108 Å². The standard InChI is InChI=1S/C28H40N2OS.C2H6O.4C2H6.CH2O/c1-22(27(24(3)31)17-9-8-15-26-16-12-20-32-26)13-6-4-5-7-14-25(29)21-23(2)28-18-10-11-19-30-28;1-2-3;5*1-2/h10-12,16,18-20,23,29H,4-9,13-15,17,21H2,1-3H3;3H,2H2,1H3;4*1-2H3;1H2/b27-22+,29-25?;;;;;;. The fraction of sp³-hybridized carbons (Fsp3) is 0.641. The van der Waals surface area contributed by atoms with E-state index in [9.17, 15) is 4.79 Å². The Morgan fingerprint density at radius 3 is 1.84 bits per heavy atom. The maximum Gasteiger partial charge on any atom is 0.155 e. The molecule has 1 unspecified atom stereocenters. The van der Waals surface area contributed by atoms with Crippen molar-refractivity contribution in [3.63, 3.8) is 0 Å². The molecule has 2 aromatic rings. The van der Waals surface area contributed by atoms with Crippen LogP contribution in [0.1, 0.15) is 164 Å². The van der Waals surface area contributed by atoms with Crippen molar-refractivity contribution in [1.29, 1.82) is 5.41 Å². The Morgan fingerprint density at radius 1 is 0.844 bits per heavy atom. The van der Waals surface area contributed by atoms with Crippen LogP contribution >= 0.6 is 11.3 Å². The van der Waals surface area contributed by atoms with E-state index >= 15 is 0 Å². The third kappa shape index (κ3) is 32.8. The molecule has 1 atom stereocenters. The summed E-state index contributed by atoms with van der Waals surface area (Å²) in [5.41, 5.74) is 4.25. The number of carbonyl (C=O) groups excluding carboxylic acids is 2. The first-order valence-electron chi connectivity index (χ1n) is 17.5. The van der Waals surface area contributed by atoms with E-state index in [1.54, 1.807) is 13.8 Å². The van der Waals surface area contributed by atoms with E-state index in [1.807, 2.05) is 97.9 Å². The van der Waals surface area contributed by atoms with E-state index in [4.69, 9.17) is 15.3 Å². The van der Waals surface area contributed by atoms with E-state index in [2.05, 4.69) is 36.3 Å². The molecule has 0 aliphatic carbocycles. The predicted molar refractivity (Wildman–Crippen MR) is 203 cm³/mol. The topological polar surface area (TPSA) is 91.1 Å². The summed E-state index contributed by atoms with van der Waals surface area (Å²) in [5.74, 6) is 0.556. The number of ketones is 1. The first kappa shape index (κ1) is 52.1. The normalized spacial score (nSPS) is 10.2. The minimum Gasteiger partial charge on any atom is -0.397 e. The van der Waals surface area contributed by atoms with Gasteiger partial charge < -0.3 is 15.3 Å². The van der Waals surface area contributed by atoms with Crippen molar-refractivity contribution in [2.45, 2.75) is 160 Å². The Morgan fingerprint density at radius 2 is 1.38 bits per heavy atom. The summed E-state index contributed by atoms with van der Waals surface area (Å²) in [4.78, 5) is 26.0. The second kappa shape index (κ2) is 43.7. The van der Waals surface area contributed by atoms with Crippen LogP contribution in [0.3, 0.4) is 0 Å². The van der Waals surface area contributed by atoms with Gasteiger partial charge in [-0.3, -0.25) is 9.78 Å². The van der Waals surface area contributed by atoms with Gasteiger partial charge in [0.2, 0.25) is 0 Å². The SMILES string of the molecule is C=O.CC.CC.CC.CC.CC(=O)/C(CCCCc1cccs1)=C(\C)CCCCCCC(=N)CC(C)c1ccccn1.CCO. The number of rotatable bonds is 16. The average Bonchev–Trinajstić information content (AvgIpc) is 3.61. The zero-order valence-electron chi connectivity index (χ0n) is 31.4. The van der Waals surface area contributed by atoms with Gasteiger partial charge >= 0.3 is 0 Å². The number of unbranched alkanes of at least 4 members (excludes halogenated alkanes) is 4. The minimum atomic E-state index is 0.245. The molecule has 2 aromatic heterocycles. The van der Waals surface area contributed by atoms with Gasteiger partial charge in [0.05, 0.1) is 0 Å².